The molecule has 2 atom stereocenters. The first-order valence-corrected chi connectivity index (χ1v) is 11.1. The molecule has 1 saturated heterocycles. The van der Waals surface area contributed by atoms with Gasteiger partial charge in [0.05, 0.1) is 25.8 Å². The van der Waals surface area contributed by atoms with Gasteiger partial charge in [0.1, 0.15) is 12.6 Å². The van der Waals surface area contributed by atoms with Crippen molar-refractivity contribution in [2.24, 2.45) is 0 Å². The summed E-state index contributed by atoms with van der Waals surface area (Å²) in [4.78, 5) is 21.8. The molecule has 4 rings (SSSR count). The molecule has 0 radical (unpaired) electrons. The number of nitrogens with zero attached hydrogens (tertiary/aromatic N) is 3. The maximum atomic E-state index is 13.3. The molecule has 1 N–H and O–H groups in total. The van der Waals surface area contributed by atoms with Crippen LogP contribution in [0.15, 0.2) is 79.3 Å². The Balaban J connectivity index is 1.48. The lowest BCUT2D eigenvalue weighted by atomic mass is 9.86. The second kappa shape index (κ2) is 9.59. The van der Waals surface area contributed by atoms with Gasteiger partial charge in [0.2, 0.25) is 5.60 Å². The first-order valence-electron chi connectivity index (χ1n) is 11.1. The molecule has 166 valence electrons. The van der Waals surface area contributed by atoms with Crippen LogP contribution in [0.5, 0.6) is 0 Å². The molecule has 0 spiro atoms. The van der Waals surface area contributed by atoms with Crippen molar-refractivity contribution >= 4 is 5.97 Å². The molecule has 6 heteroatoms. The Bertz CT molecular complexity index is 975. The Kier molecular flexibility index (Phi) is 6.63. The van der Waals surface area contributed by atoms with E-state index < -0.39 is 11.6 Å². The predicted octanol–water partition coefficient (Wildman–Crippen LogP) is 3.11. The van der Waals surface area contributed by atoms with Gasteiger partial charge in [-0.15, -0.1) is 0 Å². The van der Waals surface area contributed by atoms with E-state index in [1.165, 1.54) is 0 Å². The van der Waals surface area contributed by atoms with Crippen molar-refractivity contribution in [1.29, 1.82) is 0 Å². The largest absolute Gasteiger partial charge is 0.457 e. The van der Waals surface area contributed by atoms with Gasteiger partial charge in [-0.3, -0.25) is 9.97 Å². The van der Waals surface area contributed by atoms with Gasteiger partial charge >= 0.3 is 5.97 Å². The summed E-state index contributed by atoms with van der Waals surface area (Å²) in [6.07, 6.45) is 8.09. The van der Waals surface area contributed by atoms with Crippen LogP contribution < -0.4 is 0 Å². The molecular weight excluding hydrogens is 402 g/mol. The van der Waals surface area contributed by atoms with Crippen molar-refractivity contribution in [3.05, 3.63) is 96.1 Å². The fourth-order valence-electron chi connectivity index (χ4n) is 4.61. The summed E-state index contributed by atoms with van der Waals surface area (Å²) < 4.78 is 6.63. The SMILES string of the molecule is C[N@+]1(CCc2cnccn2)CCCC1COC(=O)C(O)(c1ccccc1)c1ccccc1. The first kappa shape index (κ1) is 22.1. The van der Waals surface area contributed by atoms with Crippen LogP contribution in [0.2, 0.25) is 0 Å². The molecule has 3 aromatic rings. The second-order valence-electron chi connectivity index (χ2n) is 8.71. The normalized spacial score (nSPS) is 20.8. The topological polar surface area (TPSA) is 72.3 Å². The maximum Gasteiger partial charge on any atom is 0.347 e. The average molecular weight is 433 g/mol. The Morgan fingerprint density at radius 1 is 1.09 bits per heavy atom. The maximum absolute atomic E-state index is 13.3. The van der Waals surface area contributed by atoms with Crippen LogP contribution >= 0.6 is 0 Å². The number of likely N-dealkylation sites (N-methyl/N-ethyl adjacent to an activating group) is 1. The Hall–Kier alpha value is -3.09. The minimum atomic E-state index is -1.84. The summed E-state index contributed by atoms with van der Waals surface area (Å²) in [5, 5.41) is 11.6. The van der Waals surface area contributed by atoms with Crippen molar-refractivity contribution < 1.29 is 19.1 Å². The zero-order valence-corrected chi connectivity index (χ0v) is 18.4. The summed E-state index contributed by atoms with van der Waals surface area (Å²) in [7, 11) is 2.21. The lowest BCUT2D eigenvalue weighted by Crippen LogP contribution is -2.52. The van der Waals surface area contributed by atoms with E-state index in [1.54, 1.807) is 42.9 Å². The quantitative estimate of drug-likeness (QED) is 0.437. The molecule has 32 heavy (non-hydrogen) atoms. The molecule has 1 aliphatic heterocycles. The molecule has 0 aliphatic carbocycles. The van der Waals surface area contributed by atoms with E-state index in [9.17, 15) is 9.90 Å². The van der Waals surface area contributed by atoms with E-state index in [4.69, 9.17) is 4.74 Å². The molecule has 1 aliphatic rings. The van der Waals surface area contributed by atoms with Gasteiger partial charge in [0.15, 0.2) is 0 Å². The molecule has 1 aromatic heterocycles. The van der Waals surface area contributed by atoms with Crippen LogP contribution in [0, 0.1) is 0 Å². The monoisotopic (exact) mass is 432 g/mol. The van der Waals surface area contributed by atoms with Crippen molar-refractivity contribution in [3.63, 3.8) is 0 Å². The summed E-state index contributed by atoms with van der Waals surface area (Å²) in [6.45, 7) is 2.21. The third-order valence-corrected chi connectivity index (χ3v) is 6.67. The minimum absolute atomic E-state index is 0.186. The van der Waals surface area contributed by atoms with Crippen LogP contribution in [0.3, 0.4) is 0 Å². The van der Waals surface area contributed by atoms with Gasteiger partial charge in [0.25, 0.3) is 0 Å². The van der Waals surface area contributed by atoms with E-state index in [2.05, 4.69) is 17.0 Å². The van der Waals surface area contributed by atoms with Gasteiger partial charge in [-0.1, -0.05) is 60.7 Å². The van der Waals surface area contributed by atoms with Crippen LogP contribution in [-0.2, 0) is 21.6 Å². The molecule has 6 nitrogen and oxygen atoms in total. The first-order chi connectivity index (χ1) is 15.5. The molecule has 2 heterocycles. The highest BCUT2D eigenvalue weighted by Crippen LogP contribution is 2.32. The molecule has 0 bridgehead atoms. The van der Waals surface area contributed by atoms with Gasteiger partial charge in [-0.25, -0.2) is 4.79 Å². The summed E-state index contributed by atoms with van der Waals surface area (Å²) >= 11 is 0. The predicted molar refractivity (Wildman–Crippen MR) is 122 cm³/mol. The number of hydrogen-bond donors (Lipinski definition) is 1. The lowest BCUT2D eigenvalue weighted by molar-refractivity contribution is -0.921. The third kappa shape index (κ3) is 4.56. The van der Waals surface area contributed by atoms with E-state index in [1.807, 2.05) is 36.4 Å². The number of hydrogen-bond acceptors (Lipinski definition) is 5. The van der Waals surface area contributed by atoms with E-state index in [0.29, 0.717) is 11.1 Å². The Morgan fingerprint density at radius 2 is 1.75 bits per heavy atom. The smallest absolute Gasteiger partial charge is 0.347 e. The van der Waals surface area contributed by atoms with Gasteiger partial charge in [-0.05, 0) is 11.1 Å². The highest BCUT2D eigenvalue weighted by atomic mass is 16.6. The lowest BCUT2D eigenvalue weighted by Gasteiger charge is -2.36. The highest BCUT2D eigenvalue weighted by molar-refractivity contribution is 5.85. The standard InChI is InChI=1S/C26H30N3O3/c1-29(18-14-23-19-27-15-16-28-23)17-8-13-24(29)20-32-25(30)26(31,21-9-4-2-5-10-21)22-11-6-3-7-12-22/h2-7,9-12,15-16,19,24,31H,8,13-14,17-18,20H2,1H3/q+1/t24?,29-/m1/s1. The van der Waals surface area contributed by atoms with Crippen LogP contribution in [0.4, 0.5) is 0 Å². The molecule has 2 aromatic carbocycles. The van der Waals surface area contributed by atoms with Crippen molar-refractivity contribution in [2.75, 3.05) is 26.7 Å². The molecular formula is C26H30N3O3+. The number of aliphatic hydroxyl groups is 1. The minimum Gasteiger partial charge on any atom is -0.457 e. The van der Waals surface area contributed by atoms with Gasteiger partial charge in [-0.2, -0.15) is 0 Å². The number of benzene rings is 2. The van der Waals surface area contributed by atoms with E-state index in [-0.39, 0.29) is 12.6 Å². The summed E-state index contributed by atoms with van der Waals surface area (Å²) in [5.74, 6) is -0.637. The third-order valence-electron chi connectivity index (χ3n) is 6.67. The number of ether oxygens (including phenoxy) is 1. The van der Waals surface area contributed by atoms with Gasteiger partial charge in [0, 0.05) is 37.9 Å². The van der Waals surface area contributed by atoms with Crippen molar-refractivity contribution in [2.45, 2.75) is 30.9 Å². The van der Waals surface area contributed by atoms with Crippen LogP contribution in [0.25, 0.3) is 0 Å². The summed E-state index contributed by atoms with van der Waals surface area (Å²) in [6, 6.07) is 18.2. The van der Waals surface area contributed by atoms with Crippen LogP contribution in [-0.4, -0.2) is 58.3 Å². The highest BCUT2D eigenvalue weighted by Gasteiger charge is 2.44. The van der Waals surface area contributed by atoms with Crippen LogP contribution in [0.1, 0.15) is 29.7 Å². The van der Waals surface area contributed by atoms with Gasteiger partial charge < -0.3 is 14.3 Å². The number of likely N-dealkylation sites (tertiary alicyclic amines) is 1. The molecule has 0 amide bonds. The van der Waals surface area contributed by atoms with Crippen molar-refractivity contribution in [1.82, 2.24) is 9.97 Å². The number of quaternary nitrogens is 1. The molecule has 1 unspecified atom stereocenters. The fraction of sp³-hybridized carbons (Fsp3) is 0.346. The number of carbonyl (C=O) groups is 1. The zero-order chi connectivity index (χ0) is 22.4. The summed E-state index contributed by atoms with van der Waals surface area (Å²) in [5.41, 5.74) is 0.131. The number of aromatic nitrogens is 2. The number of rotatable bonds is 8. The Morgan fingerprint density at radius 3 is 2.34 bits per heavy atom. The fourth-order valence-corrected chi connectivity index (χ4v) is 4.61. The number of carbonyl (C=O) groups excluding carboxylic acids is 1. The number of esters is 1. The van der Waals surface area contributed by atoms with Crippen molar-refractivity contribution in [3.8, 4) is 0 Å². The second-order valence-corrected chi connectivity index (χ2v) is 8.71. The molecule has 0 saturated carbocycles. The van der Waals surface area contributed by atoms with E-state index >= 15 is 0 Å². The molecule has 1 fully saturated rings. The zero-order valence-electron chi connectivity index (χ0n) is 18.4. The average Bonchev–Trinajstić information content (AvgIpc) is 3.23. The Labute approximate surface area is 189 Å². The van der Waals surface area contributed by atoms with E-state index in [0.717, 1.165) is 42.5 Å².